The number of carboxylic acids is 2. The third kappa shape index (κ3) is 6.12. The summed E-state index contributed by atoms with van der Waals surface area (Å²) >= 11 is 0. The number of hydrogen-bond donors (Lipinski definition) is 6. The van der Waals surface area contributed by atoms with E-state index in [0.29, 0.717) is 22.7 Å². The summed E-state index contributed by atoms with van der Waals surface area (Å²) < 4.78 is 0. The Morgan fingerprint density at radius 1 is 0.413 bits per heavy atom. The molecule has 5 rings (SSSR count). The van der Waals surface area contributed by atoms with Crippen molar-refractivity contribution in [3.8, 4) is 0 Å². The molecule has 230 valence electrons. The van der Waals surface area contributed by atoms with Crippen LogP contribution in [0, 0.1) is 0 Å². The van der Waals surface area contributed by atoms with Crippen LogP contribution in [0.4, 0.5) is 45.5 Å². The van der Waals surface area contributed by atoms with E-state index in [2.05, 4.69) is 0 Å². The maximum Gasteiger partial charge on any atom is 0.336 e. The van der Waals surface area contributed by atoms with E-state index in [-0.39, 0.29) is 22.7 Å². The highest BCUT2D eigenvalue weighted by atomic mass is 16.4. The van der Waals surface area contributed by atoms with E-state index >= 15 is 0 Å². The molecule has 0 fully saturated rings. The van der Waals surface area contributed by atoms with Gasteiger partial charge in [-0.3, -0.25) is 19.4 Å². The van der Waals surface area contributed by atoms with E-state index in [9.17, 15) is 29.4 Å². The van der Waals surface area contributed by atoms with Gasteiger partial charge in [0, 0.05) is 22.7 Å². The fourth-order valence-corrected chi connectivity index (χ4v) is 4.97. The van der Waals surface area contributed by atoms with E-state index in [4.69, 9.17) is 22.9 Å². The summed E-state index contributed by atoms with van der Waals surface area (Å²) in [6.45, 7) is 0. The number of anilines is 8. The van der Waals surface area contributed by atoms with Crippen LogP contribution >= 0.6 is 0 Å². The molecule has 12 heteroatoms. The van der Waals surface area contributed by atoms with Crippen LogP contribution in [0.15, 0.2) is 109 Å². The zero-order valence-electron chi connectivity index (χ0n) is 24.1. The molecule has 0 aliphatic rings. The largest absolute Gasteiger partial charge is 0.478 e. The molecular weight excluding hydrogens is 588 g/mol. The lowest BCUT2D eigenvalue weighted by atomic mass is 9.95. The smallest absolute Gasteiger partial charge is 0.336 e. The molecule has 0 heterocycles. The van der Waals surface area contributed by atoms with Gasteiger partial charge in [-0.25, -0.2) is 9.59 Å². The van der Waals surface area contributed by atoms with Crippen molar-refractivity contribution in [2.75, 3.05) is 32.7 Å². The maximum atomic E-state index is 14.3. The Labute approximate surface area is 262 Å². The molecule has 12 nitrogen and oxygen atoms in total. The Morgan fingerprint density at radius 2 is 0.674 bits per heavy atom. The lowest BCUT2D eigenvalue weighted by molar-refractivity contribution is 0.0676. The summed E-state index contributed by atoms with van der Waals surface area (Å²) in [4.78, 5) is 56.2. The predicted molar refractivity (Wildman–Crippen MR) is 177 cm³/mol. The van der Waals surface area contributed by atoms with Crippen LogP contribution in [0.3, 0.4) is 0 Å². The molecule has 0 bridgehead atoms. The van der Waals surface area contributed by atoms with Crippen LogP contribution in [0.5, 0.6) is 0 Å². The van der Waals surface area contributed by atoms with Gasteiger partial charge in [-0.05, 0) is 84.9 Å². The van der Waals surface area contributed by atoms with Crippen LogP contribution in [0.25, 0.3) is 0 Å². The topological polar surface area (TPSA) is 219 Å². The van der Waals surface area contributed by atoms with Crippen molar-refractivity contribution >= 4 is 69.3 Å². The average Bonchev–Trinajstić information content (AvgIpc) is 3.00. The average molecular weight is 617 g/mol. The zero-order valence-corrected chi connectivity index (χ0v) is 24.1. The SMILES string of the molecule is Nc1cccc(N(C(=O)c2cc(C(=O)O)c(C(=O)N(c3cccc(N)c3)c3cccc(N)c3)cc2C(=O)O)c2cccc(N)c2)c1. The molecule has 2 amide bonds. The molecular formula is C34H28N6O6. The minimum Gasteiger partial charge on any atom is -0.478 e. The van der Waals surface area contributed by atoms with Crippen LogP contribution in [0.1, 0.15) is 41.4 Å². The highest BCUT2D eigenvalue weighted by molar-refractivity contribution is 6.20. The molecule has 5 aromatic carbocycles. The second-order valence-corrected chi connectivity index (χ2v) is 10.2. The van der Waals surface area contributed by atoms with Crippen molar-refractivity contribution in [2.45, 2.75) is 0 Å². The summed E-state index contributed by atoms with van der Waals surface area (Å²) in [6.07, 6.45) is 0. The normalized spacial score (nSPS) is 10.6. The molecule has 0 saturated heterocycles. The van der Waals surface area contributed by atoms with E-state index in [0.717, 1.165) is 21.9 Å². The molecule has 10 N–H and O–H groups in total. The second kappa shape index (κ2) is 12.4. The van der Waals surface area contributed by atoms with Crippen molar-refractivity contribution in [2.24, 2.45) is 0 Å². The van der Waals surface area contributed by atoms with Crippen molar-refractivity contribution in [3.05, 3.63) is 131 Å². The second-order valence-electron chi connectivity index (χ2n) is 10.2. The molecule has 0 spiro atoms. The number of carbonyl (C=O) groups is 4. The molecule has 46 heavy (non-hydrogen) atoms. The number of nitrogens with zero attached hydrogens (tertiary/aromatic N) is 2. The quantitative estimate of drug-likeness (QED) is 0.122. The summed E-state index contributed by atoms with van der Waals surface area (Å²) in [5.74, 6) is -4.96. The van der Waals surface area contributed by atoms with Gasteiger partial charge in [-0.1, -0.05) is 24.3 Å². The molecule has 0 atom stereocenters. The predicted octanol–water partition coefficient (Wildman–Crippen LogP) is 5.37. The van der Waals surface area contributed by atoms with Gasteiger partial charge in [0.15, 0.2) is 0 Å². The number of nitrogen functional groups attached to an aromatic ring is 4. The van der Waals surface area contributed by atoms with Gasteiger partial charge in [0.05, 0.1) is 45.0 Å². The monoisotopic (exact) mass is 616 g/mol. The number of hydrogen-bond acceptors (Lipinski definition) is 8. The van der Waals surface area contributed by atoms with Gasteiger partial charge in [-0.2, -0.15) is 0 Å². The number of nitrogens with two attached hydrogens (primary N) is 4. The van der Waals surface area contributed by atoms with Gasteiger partial charge in [0.1, 0.15) is 0 Å². The van der Waals surface area contributed by atoms with Gasteiger partial charge >= 0.3 is 11.9 Å². The Kier molecular flexibility index (Phi) is 8.27. The highest BCUT2D eigenvalue weighted by Gasteiger charge is 2.32. The fraction of sp³-hybridized carbons (Fsp3) is 0. The van der Waals surface area contributed by atoms with Crippen LogP contribution in [0.2, 0.25) is 0 Å². The molecule has 0 aliphatic heterocycles. The highest BCUT2D eigenvalue weighted by Crippen LogP contribution is 2.34. The number of carbonyl (C=O) groups excluding carboxylic acids is 2. The van der Waals surface area contributed by atoms with Crippen LogP contribution in [-0.4, -0.2) is 34.0 Å². The van der Waals surface area contributed by atoms with Gasteiger partial charge in [0.2, 0.25) is 0 Å². The lowest BCUT2D eigenvalue weighted by Gasteiger charge is -2.26. The molecule has 0 aliphatic carbocycles. The Hall–Kier alpha value is -6.82. The van der Waals surface area contributed by atoms with E-state index in [1.165, 1.54) is 24.3 Å². The van der Waals surface area contributed by atoms with E-state index in [1.807, 2.05) is 0 Å². The first kappa shape index (κ1) is 30.6. The van der Waals surface area contributed by atoms with Crippen LogP contribution < -0.4 is 32.7 Å². The molecule has 0 radical (unpaired) electrons. The fourth-order valence-electron chi connectivity index (χ4n) is 4.97. The standard InChI is InChI=1S/C34H28N6O6/c35-19-5-1-9-23(13-19)39(24-10-2-6-20(36)14-24)31(41)27-17-30(34(45)46)28(18-29(27)33(43)44)32(42)40(25-11-3-7-21(37)15-25)26-12-4-8-22(38)16-26/h1-18H,35-38H2,(H,43,44)(H,45,46). The number of amides is 2. The molecule has 0 unspecified atom stereocenters. The lowest BCUT2D eigenvalue weighted by Crippen LogP contribution is -2.31. The third-order valence-corrected chi connectivity index (χ3v) is 7.00. The minimum atomic E-state index is -1.58. The van der Waals surface area contributed by atoms with Crippen molar-refractivity contribution in [1.29, 1.82) is 0 Å². The minimum absolute atomic E-state index is 0.262. The van der Waals surface area contributed by atoms with Crippen molar-refractivity contribution in [1.82, 2.24) is 0 Å². The summed E-state index contributed by atoms with van der Waals surface area (Å²) in [7, 11) is 0. The molecule has 5 aromatic rings. The molecule has 0 aromatic heterocycles. The third-order valence-electron chi connectivity index (χ3n) is 7.00. The Bertz CT molecular complexity index is 1790. The van der Waals surface area contributed by atoms with Gasteiger partial charge in [0.25, 0.3) is 11.8 Å². The maximum absolute atomic E-state index is 14.3. The van der Waals surface area contributed by atoms with Crippen molar-refractivity contribution in [3.63, 3.8) is 0 Å². The summed E-state index contributed by atoms with van der Waals surface area (Å²) in [5, 5.41) is 20.6. The van der Waals surface area contributed by atoms with E-state index in [1.54, 1.807) is 72.8 Å². The molecule has 0 saturated carbocycles. The number of benzene rings is 5. The van der Waals surface area contributed by atoms with Gasteiger partial charge in [-0.15, -0.1) is 0 Å². The summed E-state index contributed by atoms with van der Waals surface area (Å²) in [6, 6.07) is 26.8. The van der Waals surface area contributed by atoms with Gasteiger partial charge < -0.3 is 33.1 Å². The first-order valence-corrected chi connectivity index (χ1v) is 13.7. The first-order chi connectivity index (χ1) is 21.9. The zero-order chi connectivity index (χ0) is 33.1. The number of carboxylic acid groups (broad SMARTS) is 2. The number of rotatable bonds is 8. The van der Waals surface area contributed by atoms with Crippen molar-refractivity contribution < 1.29 is 29.4 Å². The number of aromatic carboxylic acids is 2. The summed E-state index contributed by atoms with van der Waals surface area (Å²) in [5.41, 5.74) is 24.0. The first-order valence-electron chi connectivity index (χ1n) is 13.7. The van der Waals surface area contributed by atoms with Crippen LogP contribution in [-0.2, 0) is 0 Å². The Balaban J connectivity index is 1.73. The Morgan fingerprint density at radius 3 is 0.891 bits per heavy atom. The van der Waals surface area contributed by atoms with E-state index < -0.39 is 46.0 Å².